The molecule has 2 aromatic carbocycles. The van der Waals surface area contributed by atoms with Crippen LogP contribution in [0.1, 0.15) is 27.4 Å². The molecule has 0 saturated carbocycles. The van der Waals surface area contributed by atoms with Gasteiger partial charge in [-0.2, -0.15) is 13.2 Å². The molecule has 4 aromatic rings. The van der Waals surface area contributed by atoms with Crippen LogP contribution in [0.5, 0.6) is 11.5 Å². The highest BCUT2D eigenvalue weighted by atomic mass is 19.4. The number of aromatic nitrogens is 2. The predicted molar refractivity (Wildman–Crippen MR) is 118 cm³/mol. The third kappa shape index (κ3) is 5.80. The van der Waals surface area contributed by atoms with Crippen molar-refractivity contribution in [1.29, 1.82) is 0 Å². The van der Waals surface area contributed by atoms with Crippen molar-refractivity contribution >= 4 is 5.91 Å². The van der Waals surface area contributed by atoms with Gasteiger partial charge in [0.15, 0.2) is 11.7 Å². The van der Waals surface area contributed by atoms with Gasteiger partial charge in [0, 0.05) is 31.3 Å². The summed E-state index contributed by atoms with van der Waals surface area (Å²) in [6, 6.07) is 15.1. The first-order valence-electron chi connectivity index (χ1n) is 10.4. The highest BCUT2D eigenvalue weighted by Gasteiger charge is 2.30. The van der Waals surface area contributed by atoms with E-state index < -0.39 is 17.6 Å². The lowest BCUT2D eigenvalue weighted by Crippen LogP contribution is -2.26. The third-order valence-corrected chi connectivity index (χ3v) is 4.89. The molecule has 2 heterocycles. The summed E-state index contributed by atoms with van der Waals surface area (Å²) in [6.07, 6.45) is -0.827. The zero-order valence-electron chi connectivity index (χ0n) is 18.1. The highest BCUT2D eigenvalue weighted by molar-refractivity contribution is 5.94. The number of ether oxygens (including phenoxy) is 1. The second-order valence-electron chi connectivity index (χ2n) is 7.45. The second-order valence-corrected chi connectivity index (χ2v) is 7.45. The molecule has 0 aliphatic heterocycles. The minimum absolute atomic E-state index is 0.0395. The molecule has 9 heteroatoms. The summed E-state index contributed by atoms with van der Waals surface area (Å²) >= 11 is 0. The monoisotopic (exact) mass is 467 g/mol. The van der Waals surface area contributed by atoms with Gasteiger partial charge in [-0.05, 0) is 48.4 Å². The van der Waals surface area contributed by atoms with Crippen LogP contribution >= 0.6 is 0 Å². The number of aryl methyl sites for hydroxylation is 1. The number of rotatable bonds is 7. The lowest BCUT2D eigenvalue weighted by atomic mass is 10.1. The van der Waals surface area contributed by atoms with Crippen LogP contribution in [-0.2, 0) is 12.6 Å². The summed E-state index contributed by atoms with van der Waals surface area (Å²) in [6.45, 7) is 2.00. The number of hydrogen-bond donors (Lipinski definition) is 1. The van der Waals surface area contributed by atoms with Crippen molar-refractivity contribution in [3.8, 4) is 23.0 Å². The molecule has 0 aliphatic carbocycles. The zero-order chi connectivity index (χ0) is 24.1. The van der Waals surface area contributed by atoms with Crippen LogP contribution in [0.4, 0.5) is 13.2 Å². The Kier molecular flexibility index (Phi) is 6.62. The van der Waals surface area contributed by atoms with Gasteiger partial charge in [-0.15, -0.1) is 0 Å². The Morgan fingerprint density at radius 1 is 1.03 bits per heavy atom. The van der Waals surface area contributed by atoms with Crippen LogP contribution in [0.25, 0.3) is 11.5 Å². The maximum Gasteiger partial charge on any atom is 0.416 e. The maximum absolute atomic E-state index is 12.9. The summed E-state index contributed by atoms with van der Waals surface area (Å²) in [5.41, 5.74) is 0.582. The number of pyridine rings is 1. The molecule has 0 unspecified atom stereocenters. The standard InChI is InChI=1S/C25H20F3N3O3/c1-16-31-15-23(33-16)22-14-21(9-11-29-22)34-20-7-2-4-17(12-20)8-10-30-24(32)18-5-3-6-19(13-18)25(26,27)28/h2-7,9,11-15H,8,10H2,1H3,(H,30,32). The fourth-order valence-electron chi connectivity index (χ4n) is 3.25. The van der Waals surface area contributed by atoms with Crippen LogP contribution in [0.3, 0.4) is 0 Å². The average molecular weight is 467 g/mol. The number of hydrogen-bond acceptors (Lipinski definition) is 5. The summed E-state index contributed by atoms with van der Waals surface area (Å²) < 4.78 is 50.0. The number of oxazole rings is 1. The van der Waals surface area contributed by atoms with E-state index in [1.54, 1.807) is 37.5 Å². The average Bonchev–Trinajstić information content (AvgIpc) is 3.25. The molecule has 174 valence electrons. The Labute approximate surface area is 193 Å². The van der Waals surface area contributed by atoms with E-state index >= 15 is 0 Å². The molecule has 34 heavy (non-hydrogen) atoms. The van der Waals surface area contributed by atoms with Gasteiger partial charge in [0.05, 0.1) is 11.8 Å². The minimum atomic E-state index is -4.50. The summed E-state index contributed by atoms with van der Waals surface area (Å²) in [5.74, 6) is 1.66. The molecular weight excluding hydrogens is 447 g/mol. The van der Waals surface area contributed by atoms with E-state index in [0.717, 1.165) is 17.7 Å². The van der Waals surface area contributed by atoms with E-state index in [1.165, 1.54) is 12.1 Å². The number of alkyl halides is 3. The zero-order valence-corrected chi connectivity index (χ0v) is 18.1. The Balaban J connectivity index is 1.36. The molecule has 0 spiro atoms. The first-order valence-corrected chi connectivity index (χ1v) is 10.4. The Bertz CT molecular complexity index is 1300. The number of halogens is 3. The summed E-state index contributed by atoms with van der Waals surface area (Å²) in [4.78, 5) is 20.6. The summed E-state index contributed by atoms with van der Waals surface area (Å²) in [5, 5.41) is 2.65. The molecule has 4 rings (SSSR count). The van der Waals surface area contributed by atoms with Crippen LogP contribution in [0.2, 0.25) is 0 Å². The van der Waals surface area contributed by atoms with Crippen molar-refractivity contribution in [3.05, 3.63) is 95.6 Å². The third-order valence-electron chi connectivity index (χ3n) is 4.89. The lowest BCUT2D eigenvalue weighted by molar-refractivity contribution is -0.137. The van der Waals surface area contributed by atoms with Gasteiger partial charge < -0.3 is 14.5 Å². The smallest absolute Gasteiger partial charge is 0.416 e. The first-order chi connectivity index (χ1) is 16.3. The van der Waals surface area contributed by atoms with E-state index in [4.69, 9.17) is 9.15 Å². The van der Waals surface area contributed by atoms with Gasteiger partial charge in [0.25, 0.3) is 5.91 Å². The van der Waals surface area contributed by atoms with Crippen molar-refractivity contribution in [1.82, 2.24) is 15.3 Å². The topological polar surface area (TPSA) is 77.2 Å². The quantitative estimate of drug-likeness (QED) is 0.370. The van der Waals surface area contributed by atoms with Crippen molar-refractivity contribution in [2.45, 2.75) is 19.5 Å². The first kappa shape index (κ1) is 23.0. The number of nitrogens with one attached hydrogen (secondary N) is 1. The number of benzene rings is 2. The normalized spacial score (nSPS) is 11.3. The Morgan fingerprint density at radius 2 is 1.82 bits per heavy atom. The van der Waals surface area contributed by atoms with Gasteiger partial charge in [-0.25, -0.2) is 4.98 Å². The largest absolute Gasteiger partial charge is 0.457 e. The van der Waals surface area contributed by atoms with Crippen LogP contribution in [0.15, 0.2) is 77.5 Å². The van der Waals surface area contributed by atoms with E-state index in [2.05, 4.69) is 15.3 Å². The fraction of sp³-hybridized carbons (Fsp3) is 0.160. The molecule has 1 N–H and O–H groups in total. The molecule has 6 nitrogen and oxygen atoms in total. The Morgan fingerprint density at radius 3 is 2.59 bits per heavy atom. The molecule has 0 fully saturated rings. The van der Waals surface area contributed by atoms with Crippen molar-refractivity contribution in [3.63, 3.8) is 0 Å². The van der Waals surface area contributed by atoms with Crippen LogP contribution in [-0.4, -0.2) is 22.4 Å². The van der Waals surface area contributed by atoms with E-state index in [-0.39, 0.29) is 12.1 Å². The van der Waals surface area contributed by atoms with Gasteiger partial charge >= 0.3 is 6.18 Å². The second kappa shape index (κ2) is 9.78. The molecule has 0 radical (unpaired) electrons. The number of amides is 1. The molecule has 0 atom stereocenters. The molecule has 0 bridgehead atoms. The van der Waals surface area contributed by atoms with Gasteiger partial charge in [0.1, 0.15) is 17.2 Å². The van der Waals surface area contributed by atoms with Gasteiger partial charge in [-0.3, -0.25) is 9.78 Å². The minimum Gasteiger partial charge on any atom is -0.457 e. The Hall–Kier alpha value is -4.14. The molecule has 1 amide bonds. The molecular formula is C25H20F3N3O3. The fourth-order valence-corrected chi connectivity index (χ4v) is 3.25. The van der Waals surface area contributed by atoms with E-state index in [9.17, 15) is 18.0 Å². The van der Waals surface area contributed by atoms with Gasteiger partial charge in [-0.1, -0.05) is 18.2 Å². The van der Waals surface area contributed by atoms with Gasteiger partial charge in [0.2, 0.25) is 0 Å². The number of carbonyl (C=O) groups is 1. The van der Waals surface area contributed by atoms with Crippen LogP contribution in [0, 0.1) is 6.92 Å². The lowest BCUT2D eigenvalue weighted by Gasteiger charge is -2.10. The predicted octanol–water partition coefficient (Wildman–Crippen LogP) is 5.83. The van der Waals surface area contributed by atoms with Crippen molar-refractivity contribution < 1.29 is 27.1 Å². The van der Waals surface area contributed by atoms with Crippen molar-refractivity contribution in [2.24, 2.45) is 0 Å². The SMILES string of the molecule is Cc1ncc(-c2cc(Oc3cccc(CCNC(=O)c4cccc(C(F)(F)F)c4)c3)ccn2)o1. The maximum atomic E-state index is 12.9. The molecule has 2 aromatic heterocycles. The van der Waals surface area contributed by atoms with Crippen molar-refractivity contribution in [2.75, 3.05) is 6.54 Å². The number of nitrogens with zero attached hydrogens (tertiary/aromatic N) is 2. The van der Waals surface area contributed by atoms with Crippen LogP contribution < -0.4 is 10.1 Å². The highest BCUT2D eigenvalue weighted by Crippen LogP contribution is 2.29. The van der Waals surface area contributed by atoms with E-state index in [1.807, 2.05) is 18.2 Å². The van der Waals surface area contributed by atoms with E-state index in [0.29, 0.717) is 35.3 Å². The summed E-state index contributed by atoms with van der Waals surface area (Å²) in [7, 11) is 0. The number of carbonyl (C=O) groups excluding carboxylic acids is 1. The molecule has 0 saturated heterocycles. The molecule has 0 aliphatic rings.